The van der Waals surface area contributed by atoms with Crippen LogP contribution in [0.25, 0.3) is 0 Å². The van der Waals surface area contributed by atoms with Gasteiger partial charge < -0.3 is 10.2 Å². The normalized spacial score (nSPS) is 18.0. The Morgan fingerprint density at radius 1 is 1.15 bits per heavy atom. The molecule has 1 heterocycles. The summed E-state index contributed by atoms with van der Waals surface area (Å²) in [6.07, 6.45) is 3.23. The maximum absolute atomic E-state index is 12.9. The Balaban J connectivity index is 1.66. The first-order chi connectivity index (χ1) is 13.0. The zero-order valence-corrected chi connectivity index (χ0v) is 16.2. The number of hydrogen-bond donors (Lipinski definition) is 1. The zero-order chi connectivity index (χ0) is 19.2. The van der Waals surface area contributed by atoms with Crippen molar-refractivity contribution in [1.29, 1.82) is 0 Å². The van der Waals surface area contributed by atoms with Crippen molar-refractivity contribution in [2.24, 2.45) is 5.92 Å². The van der Waals surface area contributed by atoms with E-state index in [0.29, 0.717) is 24.4 Å². The van der Waals surface area contributed by atoms with E-state index in [1.807, 2.05) is 42.5 Å². The molecule has 1 fully saturated rings. The van der Waals surface area contributed by atoms with Crippen LogP contribution in [0.5, 0.6) is 0 Å². The van der Waals surface area contributed by atoms with E-state index in [1.165, 1.54) is 0 Å². The largest absolute Gasteiger partial charge is 0.338 e. The number of carbonyl (C=O) groups excluding carboxylic acids is 2. The highest BCUT2D eigenvalue weighted by atomic mass is 32.2. The SMILES string of the molecule is CS(=O)Cc1cccc(C(=O)N2CCCC(C(=O)Nc3ccccc3)C2)c1. The minimum Gasteiger partial charge on any atom is -0.338 e. The number of amides is 2. The first-order valence-electron chi connectivity index (χ1n) is 9.07. The fourth-order valence-electron chi connectivity index (χ4n) is 3.35. The first kappa shape index (κ1) is 19.3. The lowest BCUT2D eigenvalue weighted by molar-refractivity contribution is -0.121. The summed E-state index contributed by atoms with van der Waals surface area (Å²) in [7, 11) is -0.952. The van der Waals surface area contributed by atoms with E-state index in [4.69, 9.17) is 0 Å². The van der Waals surface area contributed by atoms with E-state index in [1.54, 1.807) is 23.3 Å². The summed E-state index contributed by atoms with van der Waals surface area (Å²) in [5.41, 5.74) is 2.24. The molecule has 0 aliphatic carbocycles. The van der Waals surface area contributed by atoms with Crippen molar-refractivity contribution in [2.45, 2.75) is 18.6 Å². The second kappa shape index (κ2) is 8.95. The van der Waals surface area contributed by atoms with Crippen molar-refractivity contribution < 1.29 is 13.8 Å². The number of likely N-dealkylation sites (tertiary alicyclic amines) is 1. The number of rotatable bonds is 5. The molecule has 142 valence electrons. The number of hydrogen-bond acceptors (Lipinski definition) is 3. The molecule has 0 bridgehead atoms. The predicted octanol–water partition coefficient (Wildman–Crippen LogP) is 3.06. The average molecular weight is 385 g/mol. The van der Waals surface area contributed by atoms with Crippen LogP contribution in [0.15, 0.2) is 54.6 Å². The summed E-state index contributed by atoms with van der Waals surface area (Å²) in [6, 6.07) is 16.6. The highest BCUT2D eigenvalue weighted by molar-refractivity contribution is 7.83. The molecule has 0 spiro atoms. The molecule has 3 rings (SSSR count). The van der Waals surface area contributed by atoms with Gasteiger partial charge in [-0.2, -0.15) is 0 Å². The molecule has 1 N–H and O–H groups in total. The summed E-state index contributed by atoms with van der Waals surface area (Å²) in [5.74, 6) is 0.0995. The van der Waals surface area contributed by atoms with Crippen molar-refractivity contribution in [3.05, 3.63) is 65.7 Å². The fraction of sp³-hybridized carbons (Fsp3) is 0.333. The van der Waals surface area contributed by atoms with Gasteiger partial charge in [-0.25, -0.2) is 0 Å². The minimum atomic E-state index is -0.952. The molecule has 0 aromatic heterocycles. The van der Waals surface area contributed by atoms with Gasteiger partial charge in [0, 0.05) is 47.1 Å². The second-order valence-corrected chi connectivity index (χ2v) is 8.30. The molecule has 1 saturated heterocycles. The highest BCUT2D eigenvalue weighted by Crippen LogP contribution is 2.21. The third-order valence-electron chi connectivity index (χ3n) is 4.66. The summed E-state index contributed by atoms with van der Waals surface area (Å²) < 4.78 is 11.4. The molecule has 0 saturated carbocycles. The molecule has 27 heavy (non-hydrogen) atoms. The van der Waals surface area contributed by atoms with E-state index < -0.39 is 10.8 Å². The fourth-order valence-corrected chi connectivity index (χ4v) is 4.00. The lowest BCUT2D eigenvalue weighted by Gasteiger charge is -2.32. The van der Waals surface area contributed by atoms with Crippen LogP contribution in [0, 0.1) is 5.92 Å². The van der Waals surface area contributed by atoms with E-state index in [-0.39, 0.29) is 17.7 Å². The molecule has 0 radical (unpaired) electrons. The maximum atomic E-state index is 12.9. The molecular weight excluding hydrogens is 360 g/mol. The molecule has 5 nitrogen and oxygen atoms in total. The second-order valence-electron chi connectivity index (χ2n) is 6.86. The van der Waals surface area contributed by atoms with Gasteiger partial charge in [0.15, 0.2) is 0 Å². The summed E-state index contributed by atoms with van der Waals surface area (Å²) in [4.78, 5) is 27.2. The molecule has 2 amide bonds. The standard InChI is InChI=1S/C21H24N2O3S/c1-27(26)15-16-7-5-8-17(13-16)21(25)23-12-6-9-18(14-23)20(24)22-19-10-3-2-4-11-19/h2-5,7-8,10-11,13,18H,6,9,12,14-15H2,1H3,(H,22,24). The van der Waals surface area contributed by atoms with Crippen LogP contribution in [0.4, 0.5) is 5.69 Å². The summed E-state index contributed by atoms with van der Waals surface area (Å²) in [6.45, 7) is 1.07. The zero-order valence-electron chi connectivity index (χ0n) is 15.4. The Morgan fingerprint density at radius 2 is 1.93 bits per heavy atom. The lowest BCUT2D eigenvalue weighted by Crippen LogP contribution is -2.43. The Hall–Kier alpha value is -2.47. The van der Waals surface area contributed by atoms with Crippen LogP contribution in [0.3, 0.4) is 0 Å². The van der Waals surface area contributed by atoms with Crippen molar-refractivity contribution in [3.63, 3.8) is 0 Å². The summed E-state index contributed by atoms with van der Waals surface area (Å²) >= 11 is 0. The maximum Gasteiger partial charge on any atom is 0.253 e. The third kappa shape index (κ3) is 5.26. The Bertz CT molecular complexity index is 838. The van der Waals surface area contributed by atoms with Gasteiger partial charge in [0.25, 0.3) is 5.91 Å². The van der Waals surface area contributed by atoms with Gasteiger partial charge in [-0.05, 0) is 42.7 Å². The molecule has 1 aliphatic heterocycles. The monoisotopic (exact) mass is 384 g/mol. The van der Waals surface area contributed by atoms with Crippen molar-refractivity contribution in [3.8, 4) is 0 Å². The smallest absolute Gasteiger partial charge is 0.253 e. The average Bonchev–Trinajstić information content (AvgIpc) is 2.68. The van der Waals surface area contributed by atoms with E-state index >= 15 is 0 Å². The van der Waals surface area contributed by atoms with Gasteiger partial charge in [-0.15, -0.1) is 0 Å². The van der Waals surface area contributed by atoms with Crippen LogP contribution >= 0.6 is 0 Å². The topological polar surface area (TPSA) is 66.5 Å². The Morgan fingerprint density at radius 3 is 2.67 bits per heavy atom. The number of anilines is 1. The molecule has 2 atom stereocenters. The number of benzene rings is 2. The van der Waals surface area contributed by atoms with Gasteiger partial charge in [0.05, 0.1) is 5.92 Å². The quantitative estimate of drug-likeness (QED) is 0.862. The van der Waals surface area contributed by atoms with Crippen molar-refractivity contribution in [2.75, 3.05) is 24.7 Å². The van der Waals surface area contributed by atoms with Gasteiger partial charge in [0.1, 0.15) is 0 Å². The molecule has 6 heteroatoms. The lowest BCUT2D eigenvalue weighted by atomic mass is 9.96. The van der Waals surface area contributed by atoms with Crippen molar-refractivity contribution >= 4 is 28.3 Å². The number of para-hydroxylation sites is 1. The van der Waals surface area contributed by atoms with Crippen LogP contribution in [0.1, 0.15) is 28.8 Å². The number of nitrogens with one attached hydrogen (secondary N) is 1. The summed E-state index contributed by atoms with van der Waals surface area (Å²) in [5, 5.41) is 2.93. The van der Waals surface area contributed by atoms with E-state index in [9.17, 15) is 13.8 Å². The van der Waals surface area contributed by atoms with Crippen LogP contribution in [-0.4, -0.2) is 40.3 Å². The highest BCUT2D eigenvalue weighted by Gasteiger charge is 2.29. The van der Waals surface area contributed by atoms with Crippen LogP contribution in [-0.2, 0) is 21.3 Å². The van der Waals surface area contributed by atoms with Crippen molar-refractivity contribution in [1.82, 2.24) is 4.90 Å². The number of carbonyl (C=O) groups is 2. The van der Waals surface area contributed by atoms with Gasteiger partial charge >= 0.3 is 0 Å². The Kier molecular flexibility index (Phi) is 6.40. The molecule has 2 aromatic rings. The van der Waals surface area contributed by atoms with E-state index in [0.717, 1.165) is 24.1 Å². The van der Waals surface area contributed by atoms with Crippen LogP contribution < -0.4 is 5.32 Å². The molecular formula is C21H24N2O3S. The van der Waals surface area contributed by atoms with Gasteiger partial charge in [-0.1, -0.05) is 30.3 Å². The van der Waals surface area contributed by atoms with Gasteiger partial charge in [-0.3, -0.25) is 13.8 Å². The predicted molar refractivity (Wildman–Crippen MR) is 108 cm³/mol. The van der Waals surface area contributed by atoms with Gasteiger partial charge in [0.2, 0.25) is 5.91 Å². The number of nitrogens with zero attached hydrogens (tertiary/aromatic N) is 1. The molecule has 2 aromatic carbocycles. The first-order valence-corrected chi connectivity index (χ1v) is 10.8. The van der Waals surface area contributed by atoms with E-state index in [2.05, 4.69) is 5.32 Å². The number of piperidine rings is 1. The minimum absolute atomic E-state index is 0.0474. The Labute approximate surface area is 162 Å². The molecule has 2 unspecified atom stereocenters. The molecule has 1 aliphatic rings. The third-order valence-corrected chi connectivity index (χ3v) is 5.40. The van der Waals surface area contributed by atoms with Crippen LogP contribution in [0.2, 0.25) is 0 Å².